The first-order chi connectivity index (χ1) is 15.5. The Morgan fingerprint density at radius 2 is 1.75 bits per heavy atom. The Morgan fingerprint density at radius 3 is 2.41 bits per heavy atom. The van der Waals surface area contributed by atoms with Crippen molar-refractivity contribution in [2.24, 2.45) is 7.05 Å². The van der Waals surface area contributed by atoms with Gasteiger partial charge in [-0.05, 0) is 81.1 Å². The zero-order valence-electron chi connectivity index (χ0n) is 18.2. The van der Waals surface area contributed by atoms with E-state index in [1.54, 1.807) is 24.3 Å². The van der Waals surface area contributed by atoms with Gasteiger partial charge in [0.15, 0.2) is 16.8 Å². The lowest BCUT2D eigenvalue weighted by atomic mass is 10.1. The molecule has 1 saturated carbocycles. The zero-order chi connectivity index (χ0) is 22.5. The fourth-order valence-corrected chi connectivity index (χ4v) is 4.40. The standard InChI is InChI=1S/C24H26N4O3S/c1-16(29)17-7-11-19(12-8-17)25-22(30)15-32-24-27-26-23(28(24)2)18-9-13-21(14-10-18)31-20-5-3-4-6-20/h7-14,20H,3-6,15H2,1-2H3,(H,25,30). The minimum atomic E-state index is -0.150. The van der Waals surface area contributed by atoms with E-state index in [1.165, 1.54) is 31.5 Å². The van der Waals surface area contributed by atoms with Crippen molar-refractivity contribution >= 4 is 29.1 Å². The molecule has 0 radical (unpaired) electrons. The maximum absolute atomic E-state index is 12.3. The van der Waals surface area contributed by atoms with E-state index in [0.29, 0.717) is 22.5 Å². The molecule has 1 fully saturated rings. The quantitative estimate of drug-likeness (QED) is 0.394. The van der Waals surface area contributed by atoms with Crippen molar-refractivity contribution in [3.8, 4) is 17.1 Å². The van der Waals surface area contributed by atoms with Crippen LogP contribution in [0.1, 0.15) is 43.0 Å². The van der Waals surface area contributed by atoms with Crippen molar-refractivity contribution in [2.45, 2.75) is 43.9 Å². The fraction of sp³-hybridized carbons (Fsp3) is 0.333. The topological polar surface area (TPSA) is 86.1 Å². The van der Waals surface area contributed by atoms with E-state index in [1.807, 2.05) is 35.9 Å². The average molecular weight is 451 g/mol. The highest BCUT2D eigenvalue weighted by atomic mass is 32.2. The summed E-state index contributed by atoms with van der Waals surface area (Å²) in [5.41, 5.74) is 2.21. The van der Waals surface area contributed by atoms with Gasteiger partial charge in [-0.3, -0.25) is 9.59 Å². The highest BCUT2D eigenvalue weighted by molar-refractivity contribution is 7.99. The first-order valence-electron chi connectivity index (χ1n) is 10.7. The van der Waals surface area contributed by atoms with Crippen LogP contribution in [0.5, 0.6) is 5.75 Å². The van der Waals surface area contributed by atoms with Gasteiger partial charge >= 0.3 is 0 Å². The first kappa shape index (κ1) is 22.1. The molecular formula is C24H26N4O3S. The van der Waals surface area contributed by atoms with Crippen LogP contribution in [0.4, 0.5) is 5.69 Å². The number of amides is 1. The molecule has 0 spiro atoms. The molecule has 4 rings (SSSR count). The second-order valence-electron chi connectivity index (χ2n) is 7.88. The van der Waals surface area contributed by atoms with Crippen LogP contribution in [0.3, 0.4) is 0 Å². The van der Waals surface area contributed by atoms with E-state index in [9.17, 15) is 9.59 Å². The van der Waals surface area contributed by atoms with E-state index < -0.39 is 0 Å². The largest absolute Gasteiger partial charge is 0.490 e. The number of nitrogens with one attached hydrogen (secondary N) is 1. The van der Waals surface area contributed by atoms with Crippen LogP contribution in [-0.4, -0.2) is 38.3 Å². The summed E-state index contributed by atoms with van der Waals surface area (Å²) in [6.07, 6.45) is 5.07. The first-order valence-corrected chi connectivity index (χ1v) is 11.7. The molecule has 0 saturated heterocycles. The molecule has 1 aliphatic carbocycles. The van der Waals surface area contributed by atoms with Crippen LogP contribution in [0.15, 0.2) is 53.7 Å². The van der Waals surface area contributed by atoms with E-state index in [0.717, 1.165) is 30.0 Å². The summed E-state index contributed by atoms with van der Waals surface area (Å²) < 4.78 is 7.91. The molecule has 1 amide bonds. The number of aromatic nitrogens is 3. The highest BCUT2D eigenvalue weighted by Crippen LogP contribution is 2.27. The number of carbonyl (C=O) groups is 2. The summed E-state index contributed by atoms with van der Waals surface area (Å²) in [6.45, 7) is 1.51. The summed E-state index contributed by atoms with van der Waals surface area (Å²) in [7, 11) is 1.89. The number of thioether (sulfide) groups is 1. The molecule has 7 nitrogen and oxygen atoms in total. The van der Waals surface area contributed by atoms with Gasteiger partial charge in [0.05, 0.1) is 11.9 Å². The predicted octanol–water partition coefficient (Wildman–Crippen LogP) is 4.74. The molecule has 1 aliphatic rings. The second kappa shape index (κ2) is 9.99. The molecule has 166 valence electrons. The molecular weight excluding hydrogens is 424 g/mol. The summed E-state index contributed by atoms with van der Waals surface area (Å²) >= 11 is 1.32. The molecule has 1 heterocycles. The molecule has 1 N–H and O–H groups in total. The molecule has 2 aromatic carbocycles. The van der Waals surface area contributed by atoms with Crippen LogP contribution in [0.2, 0.25) is 0 Å². The minimum Gasteiger partial charge on any atom is -0.490 e. The smallest absolute Gasteiger partial charge is 0.234 e. The Labute approximate surface area is 191 Å². The zero-order valence-corrected chi connectivity index (χ0v) is 19.0. The third-order valence-electron chi connectivity index (χ3n) is 5.46. The van der Waals surface area contributed by atoms with Crippen molar-refractivity contribution in [1.82, 2.24) is 14.8 Å². The van der Waals surface area contributed by atoms with Gasteiger partial charge in [-0.1, -0.05) is 11.8 Å². The van der Waals surface area contributed by atoms with Crippen molar-refractivity contribution in [3.63, 3.8) is 0 Å². The van der Waals surface area contributed by atoms with Gasteiger partial charge in [-0.15, -0.1) is 10.2 Å². The molecule has 1 aromatic heterocycles. The lowest BCUT2D eigenvalue weighted by Crippen LogP contribution is -2.14. The van der Waals surface area contributed by atoms with E-state index >= 15 is 0 Å². The molecule has 0 aliphatic heterocycles. The number of hydrogen-bond acceptors (Lipinski definition) is 6. The summed E-state index contributed by atoms with van der Waals surface area (Å²) in [6, 6.07) is 14.8. The lowest BCUT2D eigenvalue weighted by Gasteiger charge is -2.13. The Balaban J connectivity index is 1.33. The Hall–Kier alpha value is -3.13. The maximum Gasteiger partial charge on any atom is 0.234 e. The number of benzene rings is 2. The number of hydrogen-bond donors (Lipinski definition) is 1. The number of Topliss-reactive ketones (excluding diaryl/α,β-unsaturated/α-hetero) is 1. The fourth-order valence-electron chi connectivity index (χ4n) is 3.69. The Bertz CT molecular complexity index is 1090. The number of ether oxygens (including phenoxy) is 1. The molecule has 32 heavy (non-hydrogen) atoms. The number of ketones is 1. The Kier molecular flexibility index (Phi) is 6.90. The lowest BCUT2D eigenvalue weighted by molar-refractivity contribution is -0.113. The molecule has 0 atom stereocenters. The van der Waals surface area contributed by atoms with Gasteiger partial charge in [0, 0.05) is 23.9 Å². The minimum absolute atomic E-state index is 0.00695. The molecule has 0 bridgehead atoms. The van der Waals surface area contributed by atoms with Gasteiger partial charge in [0.2, 0.25) is 5.91 Å². The van der Waals surface area contributed by atoms with Gasteiger partial charge in [0.25, 0.3) is 0 Å². The molecule has 8 heteroatoms. The Morgan fingerprint density at radius 1 is 1.06 bits per heavy atom. The highest BCUT2D eigenvalue weighted by Gasteiger charge is 2.17. The van der Waals surface area contributed by atoms with Crippen molar-refractivity contribution in [2.75, 3.05) is 11.1 Å². The van der Waals surface area contributed by atoms with Crippen LogP contribution >= 0.6 is 11.8 Å². The summed E-state index contributed by atoms with van der Waals surface area (Å²) in [5, 5.41) is 12.0. The van der Waals surface area contributed by atoms with Gasteiger partial charge < -0.3 is 14.6 Å². The van der Waals surface area contributed by atoms with E-state index in [2.05, 4.69) is 15.5 Å². The van der Waals surface area contributed by atoms with Crippen molar-refractivity contribution in [1.29, 1.82) is 0 Å². The second-order valence-corrected chi connectivity index (χ2v) is 8.83. The maximum atomic E-state index is 12.3. The normalized spacial score (nSPS) is 13.8. The van der Waals surface area contributed by atoms with Crippen molar-refractivity contribution < 1.29 is 14.3 Å². The molecule has 0 unspecified atom stereocenters. The van der Waals surface area contributed by atoms with Crippen LogP contribution in [0.25, 0.3) is 11.4 Å². The predicted molar refractivity (Wildman–Crippen MR) is 125 cm³/mol. The van der Waals surface area contributed by atoms with Crippen molar-refractivity contribution in [3.05, 3.63) is 54.1 Å². The van der Waals surface area contributed by atoms with Crippen LogP contribution in [0, 0.1) is 0 Å². The number of anilines is 1. The molecule has 3 aromatic rings. The van der Waals surface area contributed by atoms with E-state index in [-0.39, 0.29) is 17.4 Å². The number of nitrogens with zero attached hydrogens (tertiary/aromatic N) is 3. The number of carbonyl (C=O) groups excluding carboxylic acids is 2. The average Bonchev–Trinajstić information content (AvgIpc) is 3.43. The van der Waals surface area contributed by atoms with E-state index in [4.69, 9.17) is 4.74 Å². The van der Waals surface area contributed by atoms with Crippen LogP contribution in [-0.2, 0) is 11.8 Å². The van der Waals surface area contributed by atoms with Gasteiger partial charge in [0.1, 0.15) is 5.75 Å². The number of rotatable bonds is 8. The SMILES string of the molecule is CC(=O)c1ccc(NC(=O)CSc2nnc(-c3ccc(OC4CCCC4)cc3)n2C)cc1. The van der Waals surface area contributed by atoms with Gasteiger partial charge in [-0.2, -0.15) is 0 Å². The van der Waals surface area contributed by atoms with Crippen LogP contribution < -0.4 is 10.1 Å². The monoisotopic (exact) mass is 450 g/mol. The third-order valence-corrected chi connectivity index (χ3v) is 6.48. The summed E-state index contributed by atoms with van der Waals surface area (Å²) in [5.74, 6) is 1.66. The van der Waals surface area contributed by atoms with Gasteiger partial charge in [-0.25, -0.2) is 0 Å². The summed E-state index contributed by atoms with van der Waals surface area (Å²) in [4.78, 5) is 23.7. The third kappa shape index (κ3) is 5.37.